The average molecular weight is 390 g/mol. The molecule has 2 aromatic carbocycles. The Morgan fingerprint density at radius 3 is 2.19 bits per heavy atom. The molecular weight excluding hydrogens is 374 g/mol. The standard InChI is InChI=1S/C18H16F6N2O/c19-14-9-16(21)15(20)8-11(14)7-13(25)5-6-26-17(27)10-1-3-12(4-2-10)18(22,23)24/h1-4,8-9,13H,5-7,25H2,(H,26,27)/t13-/m0/s1. The fourth-order valence-electron chi connectivity index (χ4n) is 2.39. The van der Waals surface area contributed by atoms with Gasteiger partial charge in [-0.3, -0.25) is 4.79 Å². The van der Waals surface area contributed by atoms with Crippen LogP contribution in [0.2, 0.25) is 0 Å². The number of carbonyl (C=O) groups excluding carboxylic acids is 1. The summed E-state index contributed by atoms with van der Waals surface area (Å²) in [4.78, 5) is 11.9. The maximum Gasteiger partial charge on any atom is 0.416 e. The van der Waals surface area contributed by atoms with Crippen molar-refractivity contribution in [2.75, 3.05) is 6.54 Å². The molecule has 0 saturated carbocycles. The van der Waals surface area contributed by atoms with E-state index in [4.69, 9.17) is 5.73 Å². The molecule has 9 heteroatoms. The van der Waals surface area contributed by atoms with Gasteiger partial charge in [-0.2, -0.15) is 13.2 Å². The molecule has 3 N–H and O–H groups in total. The van der Waals surface area contributed by atoms with Crippen molar-refractivity contribution in [3.8, 4) is 0 Å². The van der Waals surface area contributed by atoms with Gasteiger partial charge in [0.15, 0.2) is 11.6 Å². The summed E-state index contributed by atoms with van der Waals surface area (Å²) in [5.41, 5.74) is 4.89. The number of alkyl halides is 3. The van der Waals surface area contributed by atoms with Crippen LogP contribution in [-0.4, -0.2) is 18.5 Å². The Balaban J connectivity index is 1.85. The number of nitrogens with one attached hydrogen (secondary N) is 1. The maximum absolute atomic E-state index is 13.6. The minimum atomic E-state index is -4.49. The number of rotatable bonds is 6. The highest BCUT2D eigenvalue weighted by Gasteiger charge is 2.30. The first-order valence-corrected chi connectivity index (χ1v) is 7.92. The van der Waals surface area contributed by atoms with Crippen LogP contribution in [0.25, 0.3) is 0 Å². The van der Waals surface area contributed by atoms with E-state index in [0.717, 1.165) is 30.3 Å². The van der Waals surface area contributed by atoms with Crippen LogP contribution >= 0.6 is 0 Å². The second-order valence-electron chi connectivity index (χ2n) is 5.94. The van der Waals surface area contributed by atoms with Gasteiger partial charge in [0.05, 0.1) is 5.56 Å². The molecule has 2 aromatic rings. The van der Waals surface area contributed by atoms with E-state index in [-0.39, 0.29) is 30.5 Å². The lowest BCUT2D eigenvalue weighted by Crippen LogP contribution is -2.31. The maximum atomic E-state index is 13.6. The molecule has 0 bridgehead atoms. The van der Waals surface area contributed by atoms with E-state index >= 15 is 0 Å². The molecule has 0 aliphatic rings. The van der Waals surface area contributed by atoms with Gasteiger partial charge in [-0.1, -0.05) is 0 Å². The van der Waals surface area contributed by atoms with Gasteiger partial charge in [0.25, 0.3) is 5.91 Å². The molecule has 2 rings (SSSR count). The molecule has 0 radical (unpaired) electrons. The topological polar surface area (TPSA) is 55.1 Å². The van der Waals surface area contributed by atoms with Crippen molar-refractivity contribution < 1.29 is 31.1 Å². The molecule has 0 unspecified atom stereocenters. The molecule has 0 fully saturated rings. The van der Waals surface area contributed by atoms with Crippen LogP contribution in [0.1, 0.15) is 27.9 Å². The summed E-state index contributed by atoms with van der Waals surface area (Å²) < 4.78 is 77.0. The predicted molar refractivity (Wildman–Crippen MR) is 86.4 cm³/mol. The number of nitrogens with two attached hydrogens (primary N) is 1. The van der Waals surface area contributed by atoms with Crippen molar-refractivity contribution in [3.63, 3.8) is 0 Å². The first kappa shape index (κ1) is 20.8. The summed E-state index contributed by atoms with van der Waals surface area (Å²) in [5, 5.41) is 2.48. The summed E-state index contributed by atoms with van der Waals surface area (Å²) >= 11 is 0. The van der Waals surface area contributed by atoms with Gasteiger partial charge in [-0.05, 0) is 48.7 Å². The number of benzene rings is 2. The normalized spacial score (nSPS) is 12.7. The third kappa shape index (κ3) is 5.72. The van der Waals surface area contributed by atoms with Crippen LogP contribution < -0.4 is 11.1 Å². The molecule has 27 heavy (non-hydrogen) atoms. The SMILES string of the molecule is N[C@@H](CCNC(=O)c1ccc(C(F)(F)F)cc1)Cc1cc(F)c(F)cc1F. The van der Waals surface area contributed by atoms with Crippen LogP contribution in [0.4, 0.5) is 26.3 Å². The third-order valence-electron chi connectivity index (χ3n) is 3.85. The van der Waals surface area contributed by atoms with E-state index in [1.54, 1.807) is 0 Å². The Labute approximate surface area is 151 Å². The number of hydrogen-bond donors (Lipinski definition) is 2. The largest absolute Gasteiger partial charge is 0.416 e. The van der Waals surface area contributed by atoms with Crippen molar-refractivity contribution in [2.24, 2.45) is 5.73 Å². The highest BCUT2D eigenvalue weighted by Crippen LogP contribution is 2.29. The Bertz CT molecular complexity index is 805. The number of hydrogen-bond acceptors (Lipinski definition) is 2. The molecule has 0 aliphatic carbocycles. The zero-order chi connectivity index (χ0) is 20.2. The van der Waals surface area contributed by atoms with Crippen LogP contribution in [-0.2, 0) is 12.6 Å². The van der Waals surface area contributed by atoms with E-state index in [1.165, 1.54) is 0 Å². The molecule has 3 nitrogen and oxygen atoms in total. The Morgan fingerprint density at radius 1 is 1.00 bits per heavy atom. The van der Waals surface area contributed by atoms with Crippen molar-refractivity contribution in [1.29, 1.82) is 0 Å². The van der Waals surface area contributed by atoms with Gasteiger partial charge in [0.1, 0.15) is 5.82 Å². The van der Waals surface area contributed by atoms with E-state index in [9.17, 15) is 31.1 Å². The third-order valence-corrected chi connectivity index (χ3v) is 3.85. The van der Waals surface area contributed by atoms with Crippen molar-refractivity contribution in [1.82, 2.24) is 5.32 Å². The lowest BCUT2D eigenvalue weighted by Gasteiger charge is -2.13. The Hall–Kier alpha value is -2.55. The molecule has 0 spiro atoms. The molecular formula is C18H16F6N2O. The van der Waals surface area contributed by atoms with Crippen LogP contribution in [0, 0.1) is 17.5 Å². The molecule has 1 amide bonds. The Kier molecular flexibility index (Phi) is 6.48. The number of carbonyl (C=O) groups is 1. The van der Waals surface area contributed by atoms with E-state index in [1.807, 2.05) is 0 Å². The molecule has 0 aliphatic heterocycles. The van der Waals surface area contributed by atoms with Gasteiger partial charge in [0.2, 0.25) is 0 Å². The smallest absolute Gasteiger partial charge is 0.352 e. The summed E-state index contributed by atoms with van der Waals surface area (Å²) in [7, 11) is 0. The summed E-state index contributed by atoms with van der Waals surface area (Å²) in [6.45, 7) is 0.0757. The van der Waals surface area contributed by atoms with E-state index in [0.29, 0.717) is 6.07 Å². The average Bonchev–Trinajstić information content (AvgIpc) is 2.59. The zero-order valence-corrected chi connectivity index (χ0v) is 13.9. The van der Waals surface area contributed by atoms with Crippen LogP contribution in [0.5, 0.6) is 0 Å². The predicted octanol–water partition coefficient (Wildman–Crippen LogP) is 3.81. The van der Waals surface area contributed by atoms with Gasteiger partial charge in [-0.25, -0.2) is 13.2 Å². The number of amides is 1. The minimum absolute atomic E-state index is 0.0446. The van der Waals surface area contributed by atoms with E-state index < -0.39 is 41.1 Å². The molecule has 146 valence electrons. The molecule has 0 heterocycles. The van der Waals surface area contributed by atoms with Crippen molar-refractivity contribution in [3.05, 3.63) is 70.5 Å². The lowest BCUT2D eigenvalue weighted by molar-refractivity contribution is -0.137. The van der Waals surface area contributed by atoms with Crippen LogP contribution in [0.3, 0.4) is 0 Å². The zero-order valence-electron chi connectivity index (χ0n) is 13.9. The van der Waals surface area contributed by atoms with E-state index in [2.05, 4.69) is 5.32 Å². The highest BCUT2D eigenvalue weighted by atomic mass is 19.4. The van der Waals surface area contributed by atoms with Crippen molar-refractivity contribution >= 4 is 5.91 Å². The summed E-state index contributed by atoms with van der Waals surface area (Å²) in [6, 6.07) is 4.22. The number of halogens is 6. The molecule has 1 atom stereocenters. The van der Waals surface area contributed by atoms with Gasteiger partial charge >= 0.3 is 6.18 Å². The monoisotopic (exact) mass is 390 g/mol. The quantitative estimate of drug-likeness (QED) is 0.582. The van der Waals surface area contributed by atoms with Gasteiger partial charge in [-0.15, -0.1) is 0 Å². The first-order valence-electron chi connectivity index (χ1n) is 7.92. The second kappa shape index (κ2) is 8.43. The second-order valence-corrected chi connectivity index (χ2v) is 5.94. The first-order chi connectivity index (χ1) is 12.6. The Morgan fingerprint density at radius 2 is 1.59 bits per heavy atom. The molecule has 0 aromatic heterocycles. The highest BCUT2D eigenvalue weighted by molar-refractivity contribution is 5.94. The minimum Gasteiger partial charge on any atom is -0.352 e. The summed E-state index contributed by atoms with van der Waals surface area (Å²) in [6.07, 6.45) is -4.36. The lowest BCUT2D eigenvalue weighted by atomic mass is 10.0. The molecule has 0 saturated heterocycles. The summed E-state index contributed by atoms with van der Waals surface area (Å²) in [5.74, 6) is -3.99. The fraction of sp³-hybridized carbons (Fsp3) is 0.278. The van der Waals surface area contributed by atoms with Gasteiger partial charge < -0.3 is 11.1 Å². The fourth-order valence-corrected chi connectivity index (χ4v) is 2.39. The van der Waals surface area contributed by atoms with Crippen molar-refractivity contribution in [2.45, 2.75) is 25.1 Å². The van der Waals surface area contributed by atoms with Gasteiger partial charge in [0, 0.05) is 24.2 Å². The van der Waals surface area contributed by atoms with Crippen LogP contribution in [0.15, 0.2) is 36.4 Å².